The van der Waals surface area contributed by atoms with Crippen molar-refractivity contribution >= 4 is 17.1 Å². The highest BCUT2D eigenvalue weighted by atomic mass is 16.6. The van der Waals surface area contributed by atoms with Gasteiger partial charge in [-0.2, -0.15) is 4.58 Å². The van der Waals surface area contributed by atoms with Crippen molar-refractivity contribution in [1.82, 2.24) is 0 Å². The van der Waals surface area contributed by atoms with E-state index in [1.807, 2.05) is 12.1 Å². The van der Waals surface area contributed by atoms with E-state index in [-0.39, 0.29) is 16.0 Å². The van der Waals surface area contributed by atoms with Crippen LogP contribution in [0, 0.1) is 17.0 Å². The summed E-state index contributed by atoms with van der Waals surface area (Å²) < 4.78 is 2.43. The van der Waals surface area contributed by atoms with E-state index < -0.39 is 0 Å². The lowest BCUT2D eigenvalue weighted by Crippen LogP contribution is -2.26. The first-order valence-electron chi connectivity index (χ1n) is 8.77. The number of non-ortho nitro benzene ring substituents is 1. The van der Waals surface area contributed by atoms with Crippen molar-refractivity contribution in [3.8, 4) is 0 Å². The fraction of sp³-hybridized carbons (Fsp3) is 0.381. The van der Waals surface area contributed by atoms with Gasteiger partial charge < -0.3 is 0 Å². The zero-order chi connectivity index (χ0) is 18.2. The number of rotatable bonds is 5. The van der Waals surface area contributed by atoms with Gasteiger partial charge in [0.05, 0.1) is 10.3 Å². The minimum Gasteiger partial charge on any atom is -0.258 e. The molecule has 0 saturated carbocycles. The molecule has 25 heavy (non-hydrogen) atoms. The maximum Gasteiger partial charge on any atom is 0.269 e. The normalized spacial score (nSPS) is 15.4. The van der Waals surface area contributed by atoms with E-state index in [0.29, 0.717) is 0 Å². The summed E-state index contributed by atoms with van der Waals surface area (Å²) in [5.74, 6) is 0. The molecule has 4 nitrogen and oxygen atoms in total. The molecule has 0 N–H and O–H groups in total. The van der Waals surface area contributed by atoms with Gasteiger partial charge in [-0.15, -0.1) is 0 Å². The molecule has 0 atom stereocenters. The van der Waals surface area contributed by atoms with Gasteiger partial charge in [-0.3, -0.25) is 10.1 Å². The van der Waals surface area contributed by atoms with E-state index in [1.54, 1.807) is 12.1 Å². The molecule has 0 bridgehead atoms. The Labute approximate surface area is 149 Å². The molecule has 0 amide bonds. The van der Waals surface area contributed by atoms with Crippen molar-refractivity contribution < 1.29 is 9.50 Å². The Bertz CT molecular complexity index is 849. The van der Waals surface area contributed by atoms with Crippen LogP contribution in [0.3, 0.4) is 0 Å². The summed E-state index contributed by atoms with van der Waals surface area (Å²) in [6.45, 7) is 9.90. The lowest BCUT2D eigenvalue weighted by atomic mass is 9.82. The van der Waals surface area contributed by atoms with Gasteiger partial charge >= 0.3 is 0 Å². The zero-order valence-corrected chi connectivity index (χ0v) is 15.4. The van der Waals surface area contributed by atoms with Crippen molar-refractivity contribution in [1.29, 1.82) is 0 Å². The first kappa shape index (κ1) is 17.3. The molecule has 1 heterocycles. The van der Waals surface area contributed by atoms with Crippen LogP contribution in [0.4, 0.5) is 11.4 Å². The molecule has 0 aliphatic carbocycles. The highest BCUT2D eigenvalue weighted by Gasteiger charge is 2.42. The number of hydrogen-bond donors (Lipinski definition) is 0. The van der Waals surface area contributed by atoms with Gasteiger partial charge in [0.25, 0.3) is 5.69 Å². The average molecular weight is 337 g/mol. The Kier molecular flexibility index (Phi) is 4.46. The topological polar surface area (TPSA) is 46.1 Å². The molecule has 0 radical (unpaired) electrons. The van der Waals surface area contributed by atoms with Gasteiger partial charge in [-0.1, -0.05) is 23.8 Å². The summed E-state index contributed by atoms with van der Waals surface area (Å²) in [6.07, 6.45) is 1.93. The molecule has 0 unspecified atom stereocenters. The number of hydrogen-bond acceptors (Lipinski definition) is 2. The molecule has 2 aromatic rings. The highest BCUT2D eigenvalue weighted by Crippen LogP contribution is 2.39. The second-order valence-corrected chi connectivity index (χ2v) is 7.41. The van der Waals surface area contributed by atoms with E-state index >= 15 is 0 Å². The van der Waals surface area contributed by atoms with Gasteiger partial charge in [0, 0.05) is 37.1 Å². The number of aryl methyl sites for hydroxylation is 2. The molecule has 1 aliphatic rings. The summed E-state index contributed by atoms with van der Waals surface area (Å²) >= 11 is 0. The van der Waals surface area contributed by atoms with Crippen molar-refractivity contribution in [3.05, 3.63) is 69.3 Å². The fourth-order valence-electron chi connectivity index (χ4n) is 3.61. The summed E-state index contributed by atoms with van der Waals surface area (Å²) in [7, 11) is 0. The first-order chi connectivity index (χ1) is 11.8. The highest BCUT2D eigenvalue weighted by molar-refractivity contribution is 5.93. The average Bonchev–Trinajstić information content (AvgIpc) is 2.76. The molecule has 0 fully saturated rings. The van der Waals surface area contributed by atoms with Gasteiger partial charge in [0.15, 0.2) is 5.71 Å². The van der Waals surface area contributed by atoms with Crippen LogP contribution in [-0.4, -0.2) is 21.8 Å². The second-order valence-electron chi connectivity index (χ2n) is 7.41. The maximum atomic E-state index is 10.7. The van der Waals surface area contributed by atoms with Crippen LogP contribution in [0.5, 0.6) is 0 Å². The fourth-order valence-corrected chi connectivity index (χ4v) is 3.61. The predicted molar refractivity (Wildman–Crippen MR) is 101 cm³/mol. The molecule has 2 aromatic carbocycles. The van der Waals surface area contributed by atoms with Gasteiger partial charge in [0.2, 0.25) is 5.69 Å². The van der Waals surface area contributed by atoms with Crippen LogP contribution in [0.1, 0.15) is 43.9 Å². The minimum atomic E-state index is -0.354. The van der Waals surface area contributed by atoms with Gasteiger partial charge in [0.1, 0.15) is 6.54 Å². The molecule has 4 heteroatoms. The van der Waals surface area contributed by atoms with E-state index in [0.717, 1.165) is 24.9 Å². The smallest absolute Gasteiger partial charge is 0.258 e. The zero-order valence-electron chi connectivity index (χ0n) is 15.4. The van der Waals surface area contributed by atoms with Crippen molar-refractivity contribution in [2.45, 2.75) is 46.0 Å². The second kappa shape index (κ2) is 6.43. The summed E-state index contributed by atoms with van der Waals surface area (Å²) in [5.41, 5.74) is 6.76. The van der Waals surface area contributed by atoms with Crippen molar-refractivity contribution in [3.63, 3.8) is 0 Å². The van der Waals surface area contributed by atoms with Crippen molar-refractivity contribution in [2.24, 2.45) is 0 Å². The molecular formula is C21H25N2O2+. The van der Waals surface area contributed by atoms with E-state index in [4.69, 9.17) is 0 Å². The number of nitro groups is 1. The number of benzene rings is 2. The number of fused-ring (bicyclic) bond motifs is 1. The molecule has 0 saturated heterocycles. The number of nitro benzene ring substituents is 1. The number of nitrogens with zero attached hydrogens (tertiary/aromatic N) is 2. The van der Waals surface area contributed by atoms with Crippen LogP contribution in [0.25, 0.3) is 0 Å². The minimum absolute atomic E-state index is 0.0642. The maximum absolute atomic E-state index is 10.7. The Morgan fingerprint density at radius 1 is 1.08 bits per heavy atom. The van der Waals surface area contributed by atoms with Crippen LogP contribution in [0.2, 0.25) is 0 Å². The first-order valence-corrected chi connectivity index (χ1v) is 8.77. The Hall–Kier alpha value is -2.49. The molecule has 130 valence electrons. The molecule has 3 rings (SSSR count). The van der Waals surface area contributed by atoms with Crippen LogP contribution < -0.4 is 0 Å². The largest absolute Gasteiger partial charge is 0.269 e. The van der Waals surface area contributed by atoms with Crippen LogP contribution in [0.15, 0.2) is 42.5 Å². The third-order valence-electron chi connectivity index (χ3n) is 5.42. The van der Waals surface area contributed by atoms with E-state index in [9.17, 15) is 10.1 Å². The lowest BCUT2D eigenvalue weighted by molar-refractivity contribution is -0.439. The lowest BCUT2D eigenvalue weighted by Gasteiger charge is -2.15. The summed E-state index contributed by atoms with van der Waals surface area (Å²) in [4.78, 5) is 10.4. The van der Waals surface area contributed by atoms with Crippen molar-refractivity contribution in [2.75, 3.05) is 6.54 Å². The standard InChI is InChI=1S/C21H25N2O2/c1-15-7-12-20-19(14-15)21(3,4)16(2)22(20)13-5-6-17-8-10-18(11-9-17)23(24)25/h7-12,14H,5-6,13H2,1-4H3/q+1. The summed E-state index contributed by atoms with van der Waals surface area (Å²) in [6, 6.07) is 13.6. The van der Waals surface area contributed by atoms with E-state index in [1.165, 1.54) is 22.5 Å². The third-order valence-corrected chi connectivity index (χ3v) is 5.42. The molecule has 1 aliphatic heterocycles. The molecular weight excluding hydrogens is 312 g/mol. The Morgan fingerprint density at radius 2 is 1.76 bits per heavy atom. The quantitative estimate of drug-likeness (QED) is 0.441. The summed E-state index contributed by atoms with van der Waals surface area (Å²) in [5, 5.41) is 10.7. The van der Waals surface area contributed by atoms with E-state index in [2.05, 4.69) is 50.5 Å². The van der Waals surface area contributed by atoms with Gasteiger partial charge in [-0.25, -0.2) is 0 Å². The van der Waals surface area contributed by atoms with Crippen LogP contribution in [-0.2, 0) is 11.8 Å². The third kappa shape index (κ3) is 3.21. The van der Waals surface area contributed by atoms with Gasteiger partial charge in [-0.05, 0) is 38.8 Å². The Balaban J connectivity index is 1.73. The predicted octanol–water partition coefficient (Wildman–Crippen LogP) is 4.93. The van der Waals surface area contributed by atoms with Crippen LogP contribution >= 0.6 is 0 Å². The molecule has 0 aromatic heterocycles. The SMILES string of the molecule is CC1=[N+](CCCc2ccc([N+](=O)[O-])cc2)c2ccc(C)cc2C1(C)C. The monoisotopic (exact) mass is 337 g/mol. The molecule has 0 spiro atoms. The Morgan fingerprint density at radius 3 is 2.40 bits per heavy atom.